The Morgan fingerprint density at radius 3 is 2.65 bits per heavy atom. The molecule has 1 aromatic heterocycles. The van der Waals surface area contributed by atoms with Crippen LogP contribution in [0.3, 0.4) is 0 Å². The molecule has 2 amide bonds. The molecule has 3 heterocycles. The molecule has 164 valence electrons. The Morgan fingerprint density at radius 2 is 2.00 bits per heavy atom. The molecule has 0 spiro atoms. The molecule has 2 atom stereocenters. The first kappa shape index (κ1) is 21.1. The van der Waals surface area contributed by atoms with Crippen LogP contribution >= 0.6 is 0 Å². The van der Waals surface area contributed by atoms with Crippen LogP contribution in [0.25, 0.3) is 11.1 Å². The van der Waals surface area contributed by atoms with Crippen molar-refractivity contribution in [1.82, 2.24) is 9.88 Å². The van der Waals surface area contributed by atoms with Crippen molar-refractivity contribution in [3.8, 4) is 6.19 Å². The lowest BCUT2D eigenvalue weighted by Crippen LogP contribution is -2.56. The minimum atomic E-state index is -0.741. The summed E-state index contributed by atoms with van der Waals surface area (Å²) in [6.07, 6.45) is 3.65. The molecule has 2 aliphatic rings. The number of fused-ring (bicyclic) bond motifs is 1. The summed E-state index contributed by atoms with van der Waals surface area (Å²) in [7, 11) is 0. The van der Waals surface area contributed by atoms with Crippen molar-refractivity contribution in [3.63, 3.8) is 0 Å². The molecule has 2 saturated heterocycles. The number of hydrogen-bond acceptors (Lipinski definition) is 7. The Morgan fingerprint density at radius 1 is 1.29 bits per heavy atom. The zero-order valence-corrected chi connectivity index (χ0v) is 18.1. The van der Waals surface area contributed by atoms with Gasteiger partial charge in [0.25, 0.3) is 6.01 Å². The number of nitrogens with zero attached hydrogens (tertiary/aromatic N) is 4. The highest BCUT2D eigenvalue weighted by Crippen LogP contribution is 2.30. The number of anilines is 1. The molecule has 4 rings (SSSR count). The van der Waals surface area contributed by atoms with Gasteiger partial charge in [0.1, 0.15) is 24.2 Å². The molecule has 2 fully saturated rings. The monoisotopic (exact) mass is 426 g/mol. The minimum Gasteiger partial charge on any atom is -0.444 e. The maximum atomic E-state index is 13.5. The van der Waals surface area contributed by atoms with Crippen LogP contribution in [-0.4, -0.2) is 63.7 Å². The third kappa shape index (κ3) is 4.21. The summed E-state index contributed by atoms with van der Waals surface area (Å²) in [5.74, 6) is -0.243. The number of nitrogens with one attached hydrogen (secondary N) is 1. The van der Waals surface area contributed by atoms with Crippen LogP contribution in [0, 0.1) is 11.5 Å². The molecule has 2 unspecified atom stereocenters. The first-order chi connectivity index (χ1) is 14.7. The van der Waals surface area contributed by atoms with E-state index in [4.69, 9.17) is 9.15 Å². The number of rotatable bonds is 3. The quantitative estimate of drug-likeness (QED) is 0.593. The number of hydrogen-bond donors (Lipinski definition) is 1. The molecular formula is C22H28N5O4+. The third-order valence-electron chi connectivity index (χ3n) is 5.78. The molecule has 0 aliphatic carbocycles. The Labute approximate surface area is 181 Å². The van der Waals surface area contributed by atoms with E-state index in [2.05, 4.69) is 16.5 Å². The number of nitriles is 1. The Hall–Kier alpha value is -3.12. The number of carbonyl (C=O) groups excluding carboxylic acids is 2. The van der Waals surface area contributed by atoms with E-state index in [0.29, 0.717) is 31.1 Å². The number of para-hydroxylation sites is 2. The number of aromatic nitrogens is 1. The largest absolute Gasteiger partial charge is 0.444 e. The SMILES string of the molecule is CC(C)(C)OC(=O)N1CC(Nc2nc3ccccc3o2)CC1C(=O)[N+]1(C#N)CCCC1. The van der Waals surface area contributed by atoms with Gasteiger partial charge in [-0.2, -0.15) is 9.47 Å². The molecule has 0 saturated carbocycles. The molecule has 1 aromatic carbocycles. The maximum Gasteiger partial charge on any atom is 0.411 e. The van der Waals surface area contributed by atoms with Gasteiger partial charge >= 0.3 is 18.2 Å². The number of quaternary nitrogens is 1. The summed E-state index contributed by atoms with van der Waals surface area (Å²) in [5, 5.41) is 13.0. The first-order valence-corrected chi connectivity index (χ1v) is 10.7. The number of oxazole rings is 1. The van der Waals surface area contributed by atoms with Gasteiger partial charge in [0, 0.05) is 25.8 Å². The van der Waals surface area contributed by atoms with E-state index < -0.39 is 17.7 Å². The highest BCUT2D eigenvalue weighted by Gasteiger charge is 2.52. The van der Waals surface area contributed by atoms with Gasteiger partial charge < -0.3 is 14.5 Å². The van der Waals surface area contributed by atoms with Crippen molar-refractivity contribution in [1.29, 1.82) is 5.26 Å². The van der Waals surface area contributed by atoms with Gasteiger partial charge in [0.05, 0.1) is 6.04 Å². The first-order valence-electron chi connectivity index (χ1n) is 10.7. The third-order valence-corrected chi connectivity index (χ3v) is 5.78. The normalized spacial score (nSPS) is 23.0. The van der Waals surface area contributed by atoms with Gasteiger partial charge in [0.2, 0.25) is 0 Å². The van der Waals surface area contributed by atoms with Gasteiger partial charge in [-0.3, -0.25) is 4.90 Å². The topological polar surface area (TPSA) is 108 Å². The summed E-state index contributed by atoms with van der Waals surface area (Å²) < 4.78 is 11.1. The van der Waals surface area contributed by atoms with Crippen molar-refractivity contribution >= 4 is 29.1 Å². The number of carbonyl (C=O) groups is 2. The molecule has 0 bridgehead atoms. The Bertz CT molecular complexity index is 995. The number of likely N-dealkylation sites (tertiary alicyclic amines) is 2. The zero-order valence-electron chi connectivity index (χ0n) is 18.1. The van der Waals surface area contributed by atoms with Crippen LogP contribution < -0.4 is 5.32 Å². The van der Waals surface area contributed by atoms with Crippen LogP contribution in [0.1, 0.15) is 40.0 Å². The molecule has 9 nitrogen and oxygen atoms in total. The zero-order chi connectivity index (χ0) is 22.2. The van der Waals surface area contributed by atoms with Crippen molar-refractivity contribution in [2.75, 3.05) is 25.0 Å². The molecule has 0 radical (unpaired) electrons. The molecule has 1 N–H and O–H groups in total. The number of amides is 2. The van der Waals surface area contributed by atoms with E-state index in [9.17, 15) is 14.9 Å². The second-order valence-electron chi connectivity index (χ2n) is 9.27. The fourth-order valence-corrected chi connectivity index (χ4v) is 4.34. The van der Waals surface area contributed by atoms with Crippen molar-refractivity contribution in [2.24, 2.45) is 0 Å². The van der Waals surface area contributed by atoms with Crippen molar-refractivity contribution in [3.05, 3.63) is 24.3 Å². The van der Waals surface area contributed by atoms with E-state index >= 15 is 0 Å². The highest BCUT2D eigenvalue weighted by molar-refractivity contribution is 5.83. The predicted molar refractivity (Wildman–Crippen MR) is 113 cm³/mol. The van der Waals surface area contributed by atoms with Gasteiger partial charge in [0.15, 0.2) is 11.6 Å². The van der Waals surface area contributed by atoms with Crippen LogP contribution in [0.2, 0.25) is 0 Å². The van der Waals surface area contributed by atoms with E-state index in [0.717, 1.165) is 18.4 Å². The summed E-state index contributed by atoms with van der Waals surface area (Å²) in [6.45, 7) is 6.59. The Balaban J connectivity index is 1.57. The van der Waals surface area contributed by atoms with Crippen LogP contribution in [-0.2, 0) is 9.53 Å². The standard InChI is InChI=1S/C22H28N5O4/c1-22(2,3)31-21(29)26-13-15(24-20-25-16-8-4-5-9-18(16)30-20)12-17(26)19(28)27(14-23)10-6-7-11-27/h4-5,8-9,15,17H,6-7,10-13H2,1-3H3,(H,24,25)/q+1. The van der Waals surface area contributed by atoms with Crippen LogP contribution in [0.4, 0.5) is 10.8 Å². The molecule has 2 aromatic rings. The lowest BCUT2D eigenvalue weighted by Gasteiger charge is -2.30. The van der Waals surface area contributed by atoms with Crippen LogP contribution in [0.5, 0.6) is 0 Å². The van der Waals surface area contributed by atoms with Crippen molar-refractivity contribution < 1.29 is 23.2 Å². The minimum absolute atomic E-state index is 0.243. The molecule has 9 heteroatoms. The lowest BCUT2D eigenvalue weighted by molar-refractivity contribution is -0.776. The second kappa shape index (κ2) is 7.85. The second-order valence-corrected chi connectivity index (χ2v) is 9.27. The fraction of sp³-hybridized carbons (Fsp3) is 0.545. The lowest BCUT2D eigenvalue weighted by atomic mass is 10.1. The fourth-order valence-electron chi connectivity index (χ4n) is 4.34. The van der Waals surface area contributed by atoms with Gasteiger partial charge in [-0.15, -0.1) is 5.26 Å². The summed E-state index contributed by atoms with van der Waals surface area (Å²) in [5.41, 5.74) is 0.697. The maximum absolute atomic E-state index is 13.5. The summed E-state index contributed by atoms with van der Waals surface area (Å²) in [4.78, 5) is 32.2. The number of benzene rings is 1. The summed E-state index contributed by atoms with van der Waals surface area (Å²) >= 11 is 0. The summed E-state index contributed by atoms with van der Waals surface area (Å²) in [6, 6.07) is 6.78. The molecular weight excluding hydrogens is 398 g/mol. The average Bonchev–Trinajstić information content (AvgIpc) is 3.44. The van der Waals surface area contributed by atoms with Crippen molar-refractivity contribution in [2.45, 2.75) is 57.7 Å². The smallest absolute Gasteiger partial charge is 0.411 e. The predicted octanol–water partition coefficient (Wildman–Crippen LogP) is 3.24. The van der Waals surface area contributed by atoms with E-state index in [1.54, 1.807) is 20.8 Å². The van der Waals surface area contributed by atoms with Crippen LogP contribution in [0.15, 0.2) is 28.7 Å². The highest BCUT2D eigenvalue weighted by atomic mass is 16.6. The van der Waals surface area contributed by atoms with E-state index in [1.807, 2.05) is 24.3 Å². The number of ether oxygens (including phenoxy) is 1. The Kier molecular flexibility index (Phi) is 5.35. The van der Waals surface area contributed by atoms with E-state index in [1.165, 1.54) is 4.90 Å². The van der Waals surface area contributed by atoms with Gasteiger partial charge in [-0.1, -0.05) is 12.1 Å². The molecule has 2 aliphatic heterocycles. The average molecular weight is 426 g/mol. The van der Waals surface area contributed by atoms with Gasteiger partial charge in [-0.25, -0.2) is 9.59 Å². The van der Waals surface area contributed by atoms with Gasteiger partial charge in [-0.05, 0) is 32.9 Å². The molecule has 31 heavy (non-hydrogen) atoms. The van der Waals surface area contributed by atoms with E-state index in [-0.39, 0.29) is 23.0 Å².